The summed E-state index contributed by atoms with van der Waals surface area (Å²) in [6.45, 7) is 7.52. The Bertz CT molecular complexity index is 1900. The van der Waals surface area contributed by atoms with Crippen molar-refractivity contribution in [2.24, 2.45) is 29.1 Å². The molecule has 3 fully saturated rings. The molecule has 2 saturated carbocycles. The average molecular weight is 756 g/mol. The summed E-state index contributed by atoms with van der Waals surface area (Å²) in [6.07, 6.45) is 5.78. The summed E-state index contributed by atoms with van der Waals surface area (Å²) < 4.78 is 59.6. The number of sulfonamides is 1. The number of pyridine rings is 1. The average Bonchev–Trinajstić information content (AvgIpc) is 3.98. The summed E-state index contributed by atoms with van der Waals surface area (Å²) in [4.78, 5) is 62.0. The number of esters is 1. The van der Waals surface area contributed by atoms with Crippen molar-refractivity contribution in [1.29, 1.82) is 0 Å². The van der Waals surface area contributed by atoms with Gasteiger partial charge in [0.25, 0.3) is 10.0 Å². The molecule has 0 spiro atoms. The summed E-state index contributed by atoms with van der Waals surface area (Å²) >= 11 is 0. The number of halogens is 1. The van der Waals surface area contributed by atoms with Crippen LogP contribution in [0.25, 0.3) is 10.8 Å². The Morgan fingerprint density at radius 1 is 1.13 bits per heavy atom. The minimum Gasteiger partial charge on any atom is -0.497 e. The quantitative estimate of drug-likeness (QED) is 0.258. The molecule has 2 aliphatic carbocycles. The fourth-order valence-corrected chi connectivity index (χ4v) is 9.24. The lowest BCUT2D eigenvalue weighted by molar-refractivity contribution is -0.154. The molecule has 1 N–H and O–H groups in total. The summed E-state index contributed by atoms with van der Waals surface area (Å²) in [5.74, 6) is -2.58. The number of methoxy groups -OCH3 is 1. The van der Waals surface area contributed by atoms with Gasteiger partial charge in [0, 0.05) is 37.3 Å². The molecule has 12 nitrogen and oxygen atoms in total. The number of carbonyl (C=O) groups excluding carboxylic acids is 4. The maximum absolute atomic E-state index is 14.8. The molecule has 3 heterocycles. The molecule has 7 atom stereocenters. The lowest BCUT2D eigenvalue weighted by Crippen LogP contribution is -2.48. The van der Waals surface area contributed by atoms with Crippen molar-refractivity contribution in [3.63, 3.8) is 0 Å². The van der Waals surface area contributed by atoms with E-state index in [4.69, 9.17) is 14.2 Å². The number of Topliss-reactive ketones (excluding diaryl/α,β-unsaturated/α-hetero) is 1. The van der Waals surface area contributed by atoms with Crippen molar-refractivity contribution in [1.82, 2.24) is 14.6 Å². The highest BCUT2D eigenvalue weighted by molar-refractivity contribution is 7.91. The summed E-state index contributed by atoms with van der Waals surface area (Å²) in [5, 5.41) is -0.974. The number of nitrogens with one attached hydrogen (secondary N) is 1. The van der Waals surface area contributed by atoms with Crippen LogP contribution in [0.1, 0.15) is 85.5 Å². The van der Waals surface area contributed by atoms with Gasteiger partial charge in [0.15, 0.2) is 5.78 Å². The number of ketones is 1. The number of benzene rings is 1. The second-order valence-corrected chi connectivity index (χ2v) is 17.7. The molecular weight excluding hydrogens is 706 g/mol. The van der Waals surface area contributed by atoms with E-state index in [2.05, 4.69) is 11.9 Å². The third-order valence-corrected chi connectivity index (χ3v) is 13.1. The van der Waals surface area contributed by atoms with Crippen LogP contribution in [0.3, 0.4) is 0 Å². The first-order valence-corrected chi connectivity index (χ1v) is 20.1. The Labute approximate surface area is 310 Å². The van der Waals surface area contributed by atoms with Crippen molar-refractivity contribution in [2.75, 3.05) is 13.7 Å². The fraction of sp³-hybridized carbons (Fsp3) is 0.615. The van der Waals surface area contributed by atoms with Crippen LogP contribution in [-0.4, -0.2) is 78.8 Å². The van der Waals surface area contributed by atoms with Crippen LogP contribution in [0.5, 0.6) is 11.6 Å². The van der Waals surface area contributed by atoms with Crippen LogP contribution in [0.2, 0.25) is 0 Å². The van der Waals surface area contributed by atoms with Crippen LogP contribution >= 0.6 is 0 Å². The number of rotatable bonds is 9. The van der Waals surface area contributed by atoms with E-state index >= 15 is 0 Å². The van der Waals surface area contributed by atoms with Crippen LogP contribution < -0.4 is 14.2 Å². The van der Waals surface area contributed by atoms with Gasteiger partial charge in [-0.2, -0.15) is 0 Å². The standard InChI is InChI=1S/C39H50FN3O9S/c1-23(2)51-34(45)19-31-25(4)16-24(3)8-6-7-9-27-20-38(27,37(47)42-53(48,49)39(40)13-14-39)21-33(44)32-18-29(22-43(32)36(31)46)52-35-30-11-10-28(50-5)17-26(30)12-15-41-35/h7,9-12,15,17,23-25,27,29,31-32H,6,8,13-14,16,18-22H2,1-5H3,(H,42,47)/b9-7-/t24-,25-,27-,29-,31+,32+,38-/m1/s1. The van der Waals surface area contributed by atoms with Crippen molar-refractivity contribution >= 4 is 44.4 Å². The molecule has 6 rings (SSSR count). The second-order valence-electron chi connectivity index (χ2n) is 15.8. The first-order valence-electron chi connectivity index (χ1n) is 18.6. The number of amides is 2. The Morgan fingerprint density at radius 2 is 1.89 bits per heavy atom. The Hall–Kier alpha value is -4.07. The van der Waals surface area contributed by atoms with Crippen LogP contribution in [0, 0.1) is 29.1 Å². The van der Waals surface area contributed by atoms with E-state index in [1.54, 1.807) is 33.2 Å². The monoisotopic (exact) mass is 755 g/mol. The van der Waals surface area contributed by atoms with Crippen molar-refractivity contribution in [2.45, 2.75) is 109 Å². The van der Waals surface area contributed by atoms with Gasteiger partial charge in [-0.25, -0.2) is 22.5 Å². The number of carbonyl (C=O) groups is 4. The third kappa shape index (κ3) is 8.22. The number of hydrogen-bond donors (Lipinski definition) is 1. The zero-order chi connectivity index (χ0) is 38.3. The zero-order valence-corrected chi connectivity index (χ0v) is 31.8. The van der Waals surface area contributed by atoms with E-state index in [-0.39, 0.29) is 68.9 Å². The highest BCUT2D eigenvalue weighted by atomic mass is 32.2. The smallest absolute Gasteiger partial charge is 0.306 e. The van der Waals surface area contributed by atoms with Crippen molar-refractivity contribution in [3.05, 3.63) is 42.6 Å². The number of nitrogens with zero attached hydrogens (tertiary/aromatic N) is 2. The van der Waals surface area contributed by atoms with Gasteiger partial charge < -0.3 is 19.1 Å². The van der Waals surface area contributed by atoms with Crippen LogP contribution in [0.4, 0.5) is 4.39 Å². The molecule has 53 heavy (non-hydrogen) atoms. The Morgan fingerprint density at radius 3 is 2.58 bits per heavy atom. The van der Waals surface area contributed by atoms with E-state index < -0.39 is 62.1 Å². The van der Waals surface area contributed by atoms with E-state index in [1.807, 2.05) is 42.0 Å². The van der Waals surface area contributed by atoms with Gasteiger partial charge in [-0.1, -0.05) is 26.0 Å². The number of allylic oxidation sites excluding steroid dienone is 2. The second kappa shape index (κ2) is 15.0. The molecule has 1 aromatic carbocycles. The summed E-state index contributed by atoms with van der Waals surface area (Å²) in [5.41, 5.74) is -1.42. The molecule has 2 aromatic rings. The molecule has 4 aliphatic rings. The highest BCUT2D eigenvalue weighted by Gasteiger charge is 2.64. The molecule has 2 amide bonds. The predicted octanol–water partition coefficient (Wildman–Crippen LogP) is 5.43. The SMILES string of the molecule is COc1ccc2c(O[C@@H]3C[C@H]4C(=O)C[C@]5(C(=O)NS(=O)(=O)C6(F)CC6)C[C@H]5/C=C\CC[C@@H](C)C[C@@H](C)[C@H](CC(=O)OC(C)C)C(=O)N4C3)nccc2c1. The Balaban J connectivity index is 1.34. The molecule has 1 saturated heterocycles. The van der Waals surface area contributed by atoms with Gasteiger partial charge in [0.05, 0.1) is 43.6 Å². The highest BCUT2D eigenvalue weighted by Crippen LogP contribution is 2.58. The molecular formula is C39H50FN3O9S. The van der Waals surface area contributed by atoms with Crippen LogP contribution in [0.15, 0.2) is 42.6 Å². The fourth-order valence-electron chi connectivity index (χ4n) is 7.97. The molecule has 0 radical (unpaired) electrons. The maximum atomic E-state index is 14.8. The van der Waals surface area contributed by atoms with E-state index in [9.17, 15) is 32.0 Å². The summed E-state index contributed by atoms with van der Waals surface area (Å²) in [6, 6.07) is 6.23. The lowest BCUT2D eigenvalue weighted by Gasteiger charge is -2.32. The maximum Gasteiger partial charge on any atom is 0.306 e. The number of ether oxygens (including phenoxy) is 3. The predicted molar refractivity (Wildman–Crippen MR) is 194 cm³/mol. The van der Waals surface area contributed by atoms with Gasteiger partial charge in [0.2, 0.25) is 22.7 Å². The molecule has 14 heteroatoms. The topological polar surface area (TPSA) is 158 Å². The van der Waals surface area contributed by atoms with Gasteiger partial charge in [-0.05, 0) is 86.9 Å². The molecule has 2 aliphatic heterocycles. The molecule has 0 unspecified atom stereocenters. The number of hydrogen-bond acceptors (Lipinski definition) is 10. The minimum atomic E-state index is -4.61. The van der Waals surface area contributed by atoms with E-state index in [1.165, 1.54) is 4.90 Å². The lowest BCUT2D eigenvalue weighted by atomic mass is 9.82. The van der Waals surface area contributed by atoms with Crippen molar-refractivity contribution in [3.8, 4) is 11.6 Å². The van der Waals surface area contributed by atoms with Gasteiger partial charge in [-0.15, -0.1) is 0 Å². The minimum absolute atomic E-state index is 0.0166. The van der Waals surface area contributed by atoms with Gasteiger partial charge >= 0.3 is 5.97 Å². The van der Waals surface area contributed by atoms with Crippen LogP contribution in [-0.2, 0) is 33.9 Å². The Kier molecular flexibility index (Phi) is 10.9. The molecule has 1 aromatic heterocycles. The van der Waals surface area contributed by atoms with E-state index in [0.29, 0.717) is 29.9 Å². The molecule has 288 valence electrons. The van der Waals surface area contributed by atoms with Gasteiger partial charge in [-0.3, -0.25) is 19.2 Å². The normalized spacial score (nSPS) is 30.7. The number of fused-ring (bicyclic) bond motifs is 3. The largest absolute Gasteiger partial charge is 0.497 e. The van der Waals surface area contributed by atoms with Gasteiger partial charge in [0.1, 0.15) is 11.9 Å². The molecule has 0 bridgehead atoms. The third-order valence-electron chi connectivity index (χ3n) is 11.3. The van der Waals surface area contributed by atoms with Crippen molar-refractivity contribution < 1.29 is 46.2 Å². The number of alkyl halides is 1. The first-order chi connectivity index (χ1) is 25.1. The zero-order valence-electron chi connectivity index (χ0n) is 31.0. The summed E-state index contributed by atoms with van der Waals surface area (Å²) in [7, 11) is -3.04. The number of aromatic nitrogens is 1. The van der Waals surface area contributed by atoms with E-state index in [0.717, 1.165) is 11.8 Å². The first kappa shape index (κ1) is 38.6.